The molecule has 7 nitrogen and oxygen atoms in total. The summed E-state index contributed by atoms with van der Waals surface area (Å²) in [4.78, 5) is 24.2. The maximum Gasteiger partial charge on any atom is 0.313 e. The number of amides is 2. The van der Waals surface area contributed by atoms with Crippen LogP contribution in [0.25, 0.3) is 0 Å². The van der Waals surface area contributed by atoms with Crippen LogP contribution in [0.5, 0.6) is 0 Å². The van der Waals surface area contributed by atoms with Crippen LogP contribution in [-0.4, -0.2) is 33.0 Å². The molecule has 0 unspecified atom stereocenters. The highest BCUT2D eigenvalue weighted by Crippen LogP contribution is 2.31. The van der Waals surface area contributed by atoms with E-state index in [1.165, 1.54) is 10.6 Å². The molecule has 2 aromatic rings. The van der Waals surface area contributed by atoms with Gasteiger partial charge < -0.3 is 10.6 Å². The Morgan fingerprint density at radius 2 is 1.89 bits per heavy atom. The zero-order valence-electron chi connectivity index (χ0n) is 15.2. The Kier molecular flexibility index (Phi) is 5.90. The standard InChI is InChI=1S/C19H20ClN3O4S/c1-28(26,27)23-10-4-6-13-11-15(8-9-17(13)23)22-19(25)18(24)21-12-14-5-2-3-7-16(14)20/h2-3,5,7-9,11H,4,6,10,12H2,1H3,(H,21,24)(H,22,25). The second-order valence-corrected chi connectivity index (χ2v) is 8.82. The Morgan fingerprint density at radius 1 is 1.14 bits per heavy atom. The summed E-state index contributed by atoms with van der Waals surface area (Å²) in [7, 11) is -3.35. The van der Waals surface area contributed by atoms with Crippen molar-refractivity contribution >= 4 is 44.8 Å². The van der Waals surface area contributed by atoms with Crippen LogP contribution < -0.4 is 14.9 Å². The van der Waals surface area contributed by atoms with E-state index in [4.69, 9.17) is 11.6 Å². The van der Waals surface area contributed by atoms with Crippen LogP contribution in [0, 0.1) is 0 Å². The Labute approximate surface area is 168 Å². The van der Waals surface area contributed by atoms with Gasteiger partial charge >= 0.3 is 11.8 Å². The number of fused-ring (bicyclic) bond motifs is 1. The van der Waals surface area contributed by atoms with E-state index in [1.807, 2.05) is 0 Å². The molecule has 28 heavy (non-hydrogen) atoms. The fourth-order valence-corrected chi connectivity index (χ4v) is 4.27. The largest absolute Gasteiger partial charge is 0.344 e. The summed E-state index contributed by atoms with van der Waals surface area (Å²) >= 11 is 6.03. The summed E-state index contributed by atoms with van der Waals surface area (Å²) in [6.07, 6.45) is 2.56. The third-order valence-electron chi connectivity index (χ3n) is 4.42. The van der Waals surface area contributed by atoms with Crippen LogP contribution in [0.15, 0.2) is 42.5 Å². The average molecular weight is 422 g/mol. The molecule has 2 N–H and O–H groups in total. The molecule has 1 aliphatic heterocycles. The topological polar surface area (TPSA) is 95.6 Å². The van der Waals surface area contributed by atoms with Crippen LogP contribution in [0.1, 0.15) is 17.5 Å². The minimum atomic E-state index is -3.35. The van der Waals surface area contributed by atoms with Crippen LogP contribution >= 0.6 is 11.6 Å². The smallest absolute Gasteiger partial charge is 0.313 e. The fraction of sp³-hybridized carbons (Fsp3) is 0.263. The first kappa shape index (κ1) is 20.2. The zero-order chi connectivity index (χ0) is 20.3. The molecule has 9 heteroatoms. The highest BCUT2D eigenvalue weighted by atomic mass is 35.5. The number of hydrogen-bond acceptors (Lipinski definition) is 4. The summed E-state index contributed by atoms with van der Waals surface area (Å²) in [5.74, 6) is -1.59. The number of rotatable bonds is 4. The Morgan fingerprint density at radius 3 is 2.61 bits per heavy atom. The third kappa shape index (κ3) is 4.63. The second-order valence-electron chi connectivity index (χ2n) is 6.51. The fourth-order valence-electron chi connectivity index (χ4n) is 3.07. The minimum Gasteiger partial charge on any atom is -0.344 e. The number of anilines is 2. The molecule has 0 radical (unpaired) electrons. The SMILES string of the molecule is CS(=O)(=O)N1CCCc2cc(NC(=O)C(=O)NCc3ccccc3Cl)ccc21. The molecule has 0 aliphatic carbocycles. The number of benzene rings is 2. The number of carbonyl (C=O) groups is 2. The van der Waals surface area contributed by atoms with Crippen molar-refractivity contribution in [2.45, 2.75) is 19.4 Å². The van der Waals surface area contributed by atoms with Crippen molar-refractivity contribution in [1.29, 1.82) is 0 Å². The maximum atomic E-state index is 12.1. The van der Waals surface area contributed by atoms with E-state index in [0.717, 1.165) is 5.56 Å². The number of carbonyl (C=O) groups excluding carboxylic acids is 2. The highest BCUT2D eigenvalue weighted by Gasteiger charge is 2.24. The number of nitrogens with zero attached hydrogens (tertiary/aromatic N) is 1. The number of hydrogen-bond donors (Lipinski definition) is 2. The van der Waals surface area contributed by atoms with Crippen molar-refractivity contribution in [2.75, 3.05) is 22.4 Å². The molecule has 0 atom stereocenters. The highest BCUT2D eigenvalue weighted by molar-refractivity contribution is 7.92. The molecule has 0 saturated heterocycles. The van der Waals surface area contributed by atoms with Crippen molar-refractivity contribution < 1.29 is 18.0 Å². The molecule has 2 amide bonds. The van der Waals surface area contributed by atoms with Gasteiger partial charge in [0, 0.05) is 23.8 Å². The van der Waals surface area contributed by atoms with E-state index < -0.39 is 21.8 Å². The van der Waals surface area contributed by atoms with Crippen LogP contribution in [0.4, 0.5) is 11.4 Å². The van der Waals surface area contributed by atoms with E-state index in [9.17, 15) is 18.0 Å². The molecule has 3 rings (SSSR count). The van der Waals surface area contributed by atoms with Crippen molar-refractivity contribution in [3.8, 4) is 0 Å². The van der Waals surface area contributed by atoms with Crippen LogP contribution in [-0.2, 0) is 32.6 Å². The van der Waals surface area contributed by atoms with E-state index in [0.29, 0.717) is 41.3 Å². The lowest BCUT2D eigenvalue weighted by Crippen LogP contribution is -2.35. The van der Waals surface area contributed by atoms with E-state index in [1.54, 1.807) is 42.5 Å². The van der Waals surface area contributed by atoms with E-state index >= 15 is 0 Å². The van der Waals surface area contributed by atoms with Gasteiger partial charge in [-0.25, -0.2) is 8.42 Å². The lowest BCUT2D eigenvalue weighted by atomic mass is 10.0. The van der Waals surface area contributed by atoms with Gasteiger partial charge in [0.2, 0.25) is 10.0 Å². The Hall–Kier alpha value is -2.58. The molecule has 0 bridgehead atoms. The molecule has 0 saturated carbocycles. The number of nitrogens with one attached hydrogen (secondary N) is 2. The maximum absolute atomic E-state index is 12.1. The number of halogens is 1. The predicted molar refractivity (Wildman–Crippen MR) is 109 cm³/mol. The van der Waals surface area contributed by atoms with Crippen LogP contribution in [0.3, 0.4) is 0 Å². The molecular weight excluding hydrogens is 402 g/mol. The molecule has 0 fully saturated rings. The molecule has 2 aromatic carbocycles. The second kappa shape index (κ2) is 8.20. The number of sulfonamides is 1. The molecule has 148 valence electrons. The van der Waals surface area contributed by atoms with Crippen LogP contribution in [0.2, 0.25) is 5.02 Å². The van der Waals surface area contributed by atoms with Gasteiger partial charge in [0.25, 0.3) is 0 Å². The molecule has 0 spiro atoms. The summed E-state index contributed by atoms with van der Waals surface area (Å²) in [5.41, 5.74) is 2.56. The number of aryl methyl sites for hydroxylation is 1. The molecule has 1 heterocycles. The zero-order valence-corrected chi connectivity index (χ0v) is 16.8. The van der Waals surface area contributed by atoms with Gasteiger partial charge in [-0.3, -0.25) is 13.9 Å². The van der Waals surface area contributed by atoms with Crippen molar-refractivity contribution in [1.82, 2.24) is 5.32 Å². The first-order valence-electron chi connectivity index (χ1n) is 8.69. The van der Waals surface area contributed by atoms with Crippen molar-refractivity contribution in [3.05, 3.63) is 58.6 Å². The first-order valence-corrected chi connectivity index (χ1v) is 10.9. The molecule has 1 aliphatic rings. The summed E-state index contributed by atoms with van der Waals surface area (Å²) in [6, 6.07) is 12.0. The first-order chi connectivity index (χ1) is 13.3. The minimum absolute atomic E-state index is 0.138. The monoisotopic (exact) mass is 421 g/mol. The van der Waals surface area contributed by atoms with Gasteiger partial charge in [-0.2, -0.15) is 0 Å². The van der Waals surface area contributed by atoms with Gasteiger partial charge in [-0.1, -0.05) is 29.8 Å². The lowest BCUT2D eigenvalue weighted by Gasteiger charge is -2.29. The Bertz CT molecular complexity index is 1020. The van der Waals surface area contributed by atoms with Crippen molar-refractivity contribution in [3.63, 3.8) is 0 Å². The van der Waals surface area contributed by atoms with Crippen molar-refractivity contribution in [2.24, 2.45) is 0 Å². The van der Waals surface area contributed by atoms with Gasteiger partial charge in [-0.15, -0.1) is 0 Å². The normalized spacial score (nSPS) is 13.6. The average Bonchev–Trinajstić information content (AvgIpc) is 2.65. The van der Waals surface area contributed by atoms with E-state index in [2.05, 4.69) is 10.6 Å². The summed E-state index contributed by atoms with van der Waals surface area (Å²) in [6.45, 7) is 0.571. The van der Waals surface area contributed by atoms with Gasteiger partial charge in [0.15, 0.2) is 0 Å². The summed E-state index contributed by atoms with van der Waals surface area (Å²) < 4.78 is 25.2. The predicted octanol–water partition coefficient (Wildman–Crippen LogP) is 2.31. The molecular formula is C19H20ClN3O4S. The van der Waals surface area contributed by atoms with Gasteiger partial charge in [0.05, 0.1) is 11.9 Å². The summed E-state index contributed by atoms with van der Waals surface area (Å²) in [5, 5.41) is 5.58. The van der Waals surface area contributed by atoms with E-state index in [-0.39, 0.29) is 6.54 Å². The lowest BCUT2D eigenvalue weighted by molar-refractivity contribution is -0.136. The Balaban J connectivity index is 1.66. The van der Waals surface area contributed by atoms with Gasteiger partial charge in [-0.05, 0) is 48.2 Å². The van der Waals surface area contributed by atoms with Gasteiger partial charge in [0.1, 0.15) is 0 Å². The quantitative estimate of drug-likeness (QED) is 0.740. The third-order valence-corrected chi connectivity index (χ3v) is 5.97. The molecule has 0 aromatic heterocycles.